The molecular formula is C23H25N3O4S. The van der Waals surface area contributed by atoms with Crippen LogP contribution in [0.25, 0.3) is 11.0 Å². The van der Waals surface area contributed by atoms with Gasteiger partial charge in [-0.3, -0.25) is 4.79 Å². The topological polar surface area (TPSA) is 76.7 Å². The molecule has 1 saturated heterocycles. The zero-order valence-electron chi connectivity index (χ0n) is 17.4. The maximum Gasteiger partial charge on any atom is 0.233 e. The van der Waals surface area contributed by atoms with Crippen LogP contribution in [-0.2, 0) is 4.79 Å². The van der Waals surface area contributed by atoms with Crippen LogP contribution in [-0.4, -0.2) is 53.4 Å². The molecule has 8 heteroatoms. The minimum atomic E-state index is 0.0742. The van der Waals surface area contributed by atoms with Gasteiger partial charge in [-0.05, 0) is 42.7 Å². The zero-order valence-corrected chi connectivity index (χ0v) is 18.2. The molecule has 5 rings (SSSR count). The molecule has 1 N–H and O–H groups in total. The van der Waals surface area contributed by atoms with E-state index >= 15 is 0 Å². The molecule has 3 heterocycles. The smallest absolute Gasteiger partial charge is 0.233 e. The van der Waals surface area contributed by atoms with Gasteiger partial charge >= 0.3 is 0 Å². The highest BCUT2D eigenvalue weighted by Crippen LogP contribution is 2.38. The van der Waals surface area contributed by atoms with Crippen molar-refractivity contribution >= 4 is 28.7 Å². The predicted molar refractivity (Wildman–Crippen MR) is 119 cm³/mol. The number of carbonyl (C=O) groups is 1. The summed E-state index contributed by atoms with van der Waals surface area (Å²) in [5.74, 6) is 2.81. The molecule has 1 aromatic heterocycles. The average molecular weight is 440 g/mol. The van der Waals surface area contributed by atoms with Gasteiger partial charge in [0.05, 0.1) is 43.2 Å². The van der Waals surface area contributed by atoms with E-state index in [-0.39, 0.29) is 11.9 Å². The molecule has 0 aliphatic carbocycles. The first kappa shape index (κ1) is 20.1. The highest BCUT2D eigenvalue weighted by molar-refractivity contribution is 7.99. The first-order valence-corrected chi connectivity index (χ1v) is 11.6. The van der Waals surface area contributed by atoms with Gasteiger partial charge in [-0.15, -0.1) is 0 Å². The molecule has 2 aromatic carbocycles. The number of H-pyrrole nitrogens is 1. The Kier molecular flexibility index (Phi) is 5.63. The van der Waals surface area contributed by atoms with Crippen molar-refractivity contribution in [2.24, 2.45) is 0 Å². The normalized spacial score (nSPS) is 18.2. The van der Waals surface area contributed by atoms with Crippen LogP contribution in [0.15, 0.2) is 41.6 Å². The molecule has 7 nitrogen and oxygen atoms in total. The number of benzene rings is 2. The molecule has 162 valence electrons. The van der Waals surface area contributed by atoms with Crippen molar-refractivity contribution in [3.8, 4) is 17.2 Å². The fourth-order valence-electron chi connectivity index (χ4n) is 4.17. The monoisotopic (exact) mass is 439 g/mol. The molecular weight excluding hydrogens is 414 g/mol. The number of hydrogen-bond donors (Lipinski definition) is 1. The lowest BCUT2D eigenvalue weighted by Crippen LogP contribution is -2.32. The summed E-state index contributed by atoms with van der Waals surface area (Å²) in [6.45, 7) is 2.10. The first-order valence-electron chi connectivity index (χ1n) is 10.6. The Morgan fingerprint density at radius 2 is 2.06 bits per heavy atom. The van der Waals surface area contributed by atoms with Gasteiger partial charge in [-0.25, -0.2) is 4.98 Å². The van der Waals surface area contributed by atoms with E-state index in [0.29, 0.717) is 19.0 Å². The standard InChI is InChI=1S/C23H25N3O4S/c1-28-16-6-7-17-18(13-16)25-23(24-17)31-14-22(27)26-9-2-4-19(26)15-5-8-20-21(12-15)30-11-3-10-29-20/h5-8,12-13,19H,2-4,9-11,14H2,1H3,(H,24,25). The van der Waals surface area contributed by atoms with Crippen molar-refractivity contribution in [3.63, 3.8) is 0 Å². The third kappa shape index (κ3) is 4.17. The fraction of sp³-hybridized carbons (Fsp3) is 0.391. The Morgan fingerprint density at radius 1 is 1.19 bits per heavy atom. The number of likely N-dealkylation sites (tertiary alicyclic amines) is 1. The second-order valence-corrected chi connectivity index (χ2v) is 8.68. The van der Waals surface area contributed by atoms with E-state index in [1.54, 1.807) is 7.11 Å². The number of aromatic nitrogens is 2. The van der Waals surface area contributed by atoms with Gasteiger partial charge in [0, 0.05) is 19.0 Å². The number of methoxy groups -OCH3 is 1. The van der Waals surface area contributed by atoms with Crippen LogP contribution in [0.5, 0.6) is 17.2 Å². The van der Waals surface area contributed by atoms with E-state index in [1.165, 1.54) is 11.8 Å². The highest BCUT2D eigenvalue weighted by Gasteiger charge is 2.30. The molecule has 1 amide bonds. The van der Waals surface area contributed by atoms with Gasteiger partial charge < -0.3 is 24.1 Å². The van der Waals surface area contributed by atoms with Gasteiger partial charge in [0.15, 0.2) is 16.7 Å². The van der Waals surface area contributed by atoms with Crippen LogP contribution in [0.1, 0.15) is 30.9 Å². The number of amides is 1. The number of imidazole rings is 1. The van der Waals surface area contributed by atoms with Crippen LogP contribution in [0.3, 0.4) is 0 Å². The second kappa shape index (κ2) is 8.70. The van der Waals surface area contributed by atoms with E-state index in [2.05, 4.69) is 16.0 Å². The highest BCUT2D eigenvalue weighted by atomic mass is 32.2. The number of rotatable bonds is 5. The summed E-state index contributed by atoms with van der Waals surface area (Å²) in [6, 6.07) is 11.8. The van der Waals surface area contributed by atoms with Gasteiger partial charge in [0.1, 0.15) is 5.75 Å². The Balaban J connectivity index is 1.27. The van der Waals surface area contributed by atoms with E-state index in [1.807, 2.05) is 35.2 Å². The molecule has 3 aromatic rings. The lowest BCUT2D eigenvalue weighted by atomic mass is 10.0. The van der Waals surface area contributed by atoms with Crippen molar-refractivity contribution in [1.29, 1.82) is 0 Å². The largest absolute Gasteiger partial charge is 0.497 e. The third-order valence-electron chi connectivity index (χ3n) is 5.73. The summed E-state index contributed by atoms with van der Waals surface area (Å²) in [5, 5.41) is 0.739. The number of thioether (sulfide) groups is 1. The number of nitrogens with one attached hydrogen (secondary N) is 1. The number of ether oxygens (including phenoxy) is 3. The SMILES string of the molecule is COc1ccc2nc(SCC(=O)N3CCCC3c3ccc4c(c3)OCCCO4)[nH]c2c1. The third-order valence-corrected chi connectivity index (χ3v) is 6.59. The zero-order chi connectivity index (χ0) is 21.2. The number of fused-ring (bicyclic) bond motifs is 2. The number of nitrogens with zero attached hydrogens (tertiary/aromatic N) is 2. The maximum atomic E-state index is 13.0. The van der Waals surface area contributed by atoms with Crippen LogP contribution in [0.4, 0.5) is 0 Å². The molecule has 0 spiro atoms. The van der Waals surface area contributed by atoms with Crippen molar-refractivity contribution < 1.29 is 19.0 Å². The lowest BCUT2D eigenvalue weighted by molar-refractivity contribution is -0.129. The first-order chi connectivity index (χ1) is 15.2. The van der Waals surface area contributed by atoms with Crippen molar-refractivity contribution in [1.82, 2.24) is 14.9 Å². The van der Waals surface area contributed by atoms with E-state index in [9.17, 15) is 4.79 Å². The number of aromatic amines is 1. The van der Waals surface area contributed by atoms with Gasteiger partial charge in [0.2, 0.25) is 5.91 Å². The van der Waals surface area contributed by atoms with E-state index in [4.69, 9.17) is 14.2 Å². The molecule has 0 saturated carbocycles. The average Bonchev–Trinajstić information content (AvgIpc) is 3.38. The molecule has 1 unspecified atom stereocenters. The molecule has 31 heavy (non-hydrogen) atoms. The summed E-state index contributed by atoms with van der Waals surface area (Å²) in [4.78, 5) is 22.9. The van der Waals surface area contributed by atoms with Crippen molar-refractivity contribution in [2.45, 2.75) is 30.5 Å². The van der Waals surface area contributed by atoms with Gasteiger partial charge in [-0.2, -0.15) is 0 Å². The van der Waals surface area contributed by atoms with E-state index in [0.717, 1.165) is 64.8 Å². The Labute approximate surface area is 185 Å². The Bertz CT molecular complexity index is 1100. The van der Waals surface area contributed by atoms with Crippen molar-refractivity contribution in [3.05, 3.63) is 42.0 Å². The van der Waals surface area contributed by atoms with Gasteiger partial charge in [-0.1, -0.05) is 17.8 Å². The number of carbonyl (C=O) groups excluding carboxylic acids is 1. The molecule has 0 bridgehead atoms. The summed E-state index contributed by atoms with van der Waals surface area (Å²) in [7, 11) is 1.64. The molecule has 1 fully saturated rings. The maximum absolute atomic E-state index is 13.0. The summed E-state index contributed by atoms with van der Waals surface area (Å²) >= 11 is 1.43. The molecule has 2 aliphatic heterocycles. The second-order valence-electron chi connectivity index (χ2n) is 7.72. The summed E-state index contributed by atoms with van der Waals surface area (Å²) in [6.07, 6.45) is 2.84. The van der Waals surface area contributed by atoms with Crippen LogP contribution in [0, 0.1) is 0 Å². The van der Waals surface area contributed by atoms with Crippen LogP contribution < -0.4 is 14.2 Å². The Hall–Kier alpha value is -2.87. The van der Waals surface area contributed by atoms with Crippen LogP contribution in [0.2, 0.25) is 0 Å². The molecule has 2 aliphatic rings. The molecule has 0 radical (unpaired) electrons. The minimum Gasteiger partial charge on any atom is -0.497 e. The molecule has 1 atom stereocenters. The predicted octanol–water partition coefficient (Wildman–Crippen LogP) is 4.19. The van der Waals surface area contributed by atoms with Gasteiger partial charge in [0.25, 0.3) is 0 Å². The minimum absolute atomic E-state index is 0.0742. The summed E-state index contributed by atoms with van der Waals surface area (Å²) < 4.78 is 16.8. The number of hydrogen-bond acceptors (Lipinski definition) is 6. The van der Waals surface area contributed by atoms with Crippen molar-refractivity contribution in [2.75, 3.05) is 32.6 Å². The lowest BCUT2D eigenvalue weighted by Gasteiger charge is -2.25. The summed E-state index contributed by atoms with van der Waals surface area (Å²) in [5.41, 5.74) is 2.87. The van der Waals surface area contributed by atoms with E-state index < -0.39 is 0 Å². The quantitative estimate of drug-likeness (QED) is 0.601. The fourth-order valence-corrected chi connectivity index (χ4v) is 4.94. The Morgan fingerprint density at radius 3 is 2.94 bits per heavy atom. The van der Waals surface area contributed by atoms with Crippen LogP contribution >= 0.6 is 11.8 Å².